The molecule has 0 aliphatic rings. The fourth-order valence-corrected chi connectivity index (χ4v) is 3.80. The van der Waals surface area contributed by atoms with Crippen molar-refractivity contribution in [3.8, 4) is 11.5 Å². The maximum Gasteiger partial charge on any atom is 0.343 e. The second-order valence-corrected chi connectivity index (χ2v) is 7.75. The van der Waals surface area contributed by atoms with Crippen molar-refractivity contribution in [1.29, 1.82) is 0 Å². The first-order valence-corrected chi connectivity index (χ1v) is 11.1. The number of esters is 1. The highest BCUT2D eigenvalue weighted by atomic mass is 16.5. The number of nitrogens with zero attached hydrogens (tertiary/aromatic N) is 5. The fraction of sp³-hybridized carbons (Fsp3) is 0.115. The van der Waals surface area contributed by atoms with Crippen molar-refractivity contribution in [1.82, 2.24) is 24.5 Å². The number of rotatable bonds is 6. The average Bonchev–Trinajstić information content (AvgIpc) is 3.48. The van der Waals surface area contributed by atoms with Crippen molar-refractivity contribution < 1.29 is 14.3 Å². The molecule has 1 N–H and O–H groups in total. The van der Waals surface area contributed by atoms with Crippen LogP contribution >= 0.6 is 0 Å². The number of carbonyl (C=O) groups excluding carboxylic acids is 2. The minimum atomic E-state index is -0.572. The van der Waals surface area contributed by atoms with Crippen molar-refractivity contribution in [3.05, 3.63) is 95.9 Å². The van der Waals surface area contributed by atoms with Crippen LogP contribution < -0.4 is 5.32 Å². The normalized spacial score (nSPS) is 10.9. The first kappa shape index (κ1) is 22.0. The van der Waals surface area contributed by atoms with E-state index in [0.717, 1.165) is 10.9 Å². The zero-order valence-electron chi connectivity index (χ0n) is 19.2. The lowest BCUT2D eigenvalue weighted by molar-refractivity contribution is 0.0527. The molecule has 3 aromatic heterocycles. The van der Waals surface area contributed by atoms with E-state index in [2.05, 4.69) is 20.5 Å². The predicted molar refractivity (Wildman–Crippen MR) is 131 cm³/mol. The van der Waals surface area contributed by atoms with E-state index >= 15 is 0 Å². The van der Waals surface area contributed by atoms with E-state index in [1.54, 1.807) is 18.5 Å². The number of anilines is 1. The SMILES string of the molecule is CCOC(=O)c1cnn(-c2ccccc2)c1NC(=O)c1cnn(-c2ccc3ccccc3n2)c1C. The second-order valence-electron chi connectivity index (χ2n) is 7.75. The van der Waals surface area contributed by atoms with Gasteiger partial charge in [-0.1, -0.05) is 36.4 Å². The molecular formula is C26H22N6O3. The van der Waals surface area contributed by atoms with Gasteiger partial charge >= 0.3 is 5.97 Å². The molecule has 0 fully saturated rings. The van der Waals surface area contributed by atoms with Crippen LogP contribution in [0.4, 0.5) is 5.82 Å². The molecule has 2 aromatic carbocycles. The van der Waals surface area contributed by atoms with Crippen LogP contribution in [0.1, 0.15) is 33.3 Å². The van der Waals surface area contributed by atoms with E-state index in [4.69, 9.17) is 4.74 Å². The summed E-state index contributed by atoms with van der Waals surface area (Å²) in [5.41, 5.74) is 2.62. The molecule has 5 rings (SSSR count). The molecule has 0 aliphatic carbocycles. The van der Waals surface area contributed by atoms with Crippen LogP contribution in [-0.4, -0.2) is 43.0 Å². The number of amides is 1. The Kier molecular flexibility index (Phi) is 5.80. The summed E-state index contributed by atoms with van der Waals surface area (Å²) in [5.74, 6) is -0.187. The quantitative estimate of drug-likeness (QED) is 0.373. The highest BCUT2D eigenvalue weighted by Gasteiger charge is 2.24. The van der Waals surface area contributed by atoms with Gasteiger partial charge in [-0.2, -0.15) is 10.2 Å². The zero-order valence-corrected chi connectivity index (χ0v) is 19.2. The van der Waals surface area contributed by atoms with E-state index in [1.165, 1.54) is 17.1 Å². The smallest absolute Gasteiger partial charge is 0.343 e. The van der Waals surface area contributed by atoms with Crippen LogP contribution in [0.5, 0.6) is 0 Å². The monoisotopic (exact) mass is 466 g/mol. The lowest BCUT2D eigenvalue weighted by atomic mass is 10.2. The summed E-state index contributed by atoms with van der Waals surface area (Å²) >= 11 is 0. The summed E-state index contributed by atoms with van der Waals surface area (Å²) in [6.07, 6.45) is 2.87. The number of benzene rings is 2. The molecule has 0 spiro atoms. The third kappa shape index (κ3) is 4.15. The van der Waals surface area contributed by atoms with E-state index in [1.807, 2.05) is 66.7 Å². The lowest BCUT2D eigenvalue weighted by Gasteiger charge is -2.11. The number of carbonyl (C=O) groups is 2. The van der Waals surface area contributed by atoms with Crippen LogP contribution in [0.25, 0.3) is 22.4 Å². The highest BCUT2D eigenvalue weighted by molar-refractivity contribution is 6.08. The number of ether oxygens (including phenoxy) is 1. The Labute approximate surface area is 201 Å². The summed E-state index contributed by atoms with van der Waals surface area (Å²) in [6.45, 7) is 3.71. The van der Waals surface area contributed by atoms with Crippen LogP contribution in [0.15, 0.2) is 79.1 Å². The summed E-state index contributed by atoms with van der Waals surface area (Å²) in [5, 5.41) is 12.5. The molecule has 0 saturated heterocycles. The minimum absolute atomic E-state index is 0.158. The first-order chi connectivity index (χ1) is 17.1. The molecule has 0 radical (unpaired) electrons. The van der Waals surface area contributed by atoms with Crippen molar-refractivity contribution in [2.45, 2.75) is 13.8 Å². The molecule has 174 valence electrons. The number of fused-ring (bicyclic) bond motifs is 1. The van der Waals surface area contributed by atoms with Crippen LogP contribution in [0, 0.1) is 6.92 Å². The Bertz CT molecular complexity index is 1540. The highest BCUT2D eigenvalue weighted by Crippen LogP contribution is 2.23. The van der Waals surface area contributed by atoms with Gasteiger partial charge in [-0.15, -0.1) is 0 Å². The third-order valence-electron chi connectivity index (χ3n) is 5.55. The molecule has 9 nitrogen and oxygen atoms in total. The summed E-state index contributed by atoms with van der Waals surface area (Å²) in [7, 11) is 0. The molecule has 0 aliphatic heterocycles. The van der Waals surface area contributed by atoms with E-state index in [0.29, 0.717) is 22.8 Å². The molecule has 3 heterocycles. The maximum absolute atomic E-state index is 13.3. The number of pyridine rings is 1. The molecule has 9 heteroatoms. The Morgan fingerprint density at radius 2 is 1.60 bits per heavy atom. The third-order valence-corrected chi connectivity index (χ3v) is 5.55. The second kappa shape index (κ2) is 9.22. The average molecular weight is 467 g/mol. The van der Waals surface area contributed by atoms with Crippen LogP contribution in [0.3, 0.4) is 0 Å². The van der Waals surface area contributed by atoms with Crippen LogP contribution in [0.2, 0.25) is 0 Å². The van der Waals surface area contributed by atoms with Gasteiger partial charge in [0.2, 0.25) is 0 Å². The van der Waals surface area contributed by atoms with Crippen LogP contribution in [-0.2, 0) is 4.74 Å². The Morgan fingerprint density at radius 3 is 2.40 bits per heavy atom. The van der Waals surface area contributed by atoms with E-state index in [9.17, 15) is 9.59 Å². The molecule has 0 saturated carbocycles. The predicted octanol–water partition coefficient (Wildman–Crippen LogP) is 4.34. The number of hydrogen-bond donors (Lipinski definition) is 1. The molecule has 0 bridgehead atoms. The van der Waals surface area contributed by atoms with Crippen molar-refractivity contribution in [2.75, 3.05) is 11.9 Å². The molecule has 0 unspecified atom stereocenters. The Balaban J connectivity index is 1.50. The van der Waals surface area contributed by atoms with E-state index in [-0.39, 0.29) is 18.0 Å². The molecule has 1 amide bonds. The summed E-state index contributed by atoms with van der Waals surface area (Å²) < 4.78 is 8.27. The fourth-order valence-electron chi connectivity index (χ4n) is 3.80. The van der Waals surface area contributed by atoms with Gasteiger partial charge in [0.1, 0.15) is 5.56 Å². The van der Waals surface area contributed by atoms with Gasteiger partial charge in [0.25, 0.3) is 5.91 Å². The van der Waals surface area contributed by atoms with Gasteiger partial charge in [0.15, 0.2) is 11.6 Å². The van der Waals surface area contributed by atoms with Gasteiger partial charge in [-0.05, 0) is 44.2 Å². The standard InChI is InChI=1S/C26H22N6O3/c1-3-35-26(34)21-16-28-32(19-10-5-4-6-11-19)24(21)30-25(33)20-15-27-31(17(20)2)23-14-13-18-9-7-8-12-22(18)29-23/h4-16H,3H2,1-2H3,(H,30,33). The lowest BCUT2D eigenvalue weighted by Crippen LogP contribution is -2.18. The molecule has 0 atom stereocenters. The minimum Gasteiger partial charge on any atom is -0.462 e. The van der Waals surface area contributed by atoms with Crippen molar-refractivity contribution >= 4 is 28.6 Å². The molecular weight excluding hydrogens is 444 g/mol. The van der Waals surface area contributed by atoms with Gasteiger partial charge in [0, 0.05) is 5.39 Å². The van der Waals surface area contributed by atoms with Gasteiger partial charge in [-0.3, -0.25) is 4.79 Å². The summed E-state index contributed by atoms with van der Waals surface area (Å²) in [6, 6.07) is 20.8. The zero-order chi connectivity index (χ0) is 24.4. The number of nitrogens with one attached hydrogen (secondary N) is 1. The van der Waals surface area contributed by atoms with Gasteiger partial charge < -0.3 is 10.1 Å². The number of aromatic nitrogens is 5. The van der Waals surface area contributed by atoms with Crippen molar-refractivity contribution in [2.24, 2.45) is 0 Å². The number of hydrogen-bond acceptors (Lipinski definition) is 6. The maximum atomic E-state index is 13.3. The van der Waals surface area contributed by atoms with Gasteiger partial charge in [0.05, 0.1) is 41.5 Å². The largest absolute Gasteiger partial charge is 0.462 e. The number of para-hydroxylation sites is 2. The Morgan fingerprint density at radius 1 is 0.886 bits per heavy atom. The first-order valence-electron chi connectivity index (χ1n) is 11.1. The van der Waals surface area contributed by atoms with Crippen molar-refractivity contribution in [3.63, 3.8) is 0 Å². The molecule has 35 heavy (non-hydrogen) atoms. The summed E-state index contributed by atoms with van der Waals surface area (Å²) in [4.78, 5) is 30.5. The van der Waals surface area contributed by atoms with Gasteiger partial charge in [-0.25, -0.2) is 19.1 Å². The Hall–Kier alpha value is -4.79. The topological polar surface area (TPSA) is 104 Å². The van der Waals surface area contributed by atoms with E-state index < -0.39 is 11.9 Å². The molecule has 5 aromatic rings.